The largest absolute Gasteiger partial charge is 0.133 e. The highest BCUT2D eigenvalue weighted by Gasteiger charge is 1.91. The van der Waals surface area contributed by atoms with Gasteiger partial charge in [-0.2, -0.15) is 0 Å². The van der Waals surface area contributed by atoms with Crippen LogP contribution in [0.4, 0.5) is 0 Å². The van der Waals surface area contributed by atoms with Gasteiger partial charge in [0.05, 0.1) is 0 Å². The van der Waals surface area contributed by atoms with Crippen LogP contribution in [0.25, 0.3) is 0 Å². The van der Waals surface area contributed by atoms with Crippen molar-refractivity contribution in [3.8, 4) is 0 Å². The molecule has 1 aliphatic rings. The van der Waals surface area contributed by atoms with Gasteiger partial charge in [0.2, 0.25) is 0 Å². The first-order valence-corrected chi connectivity index (χ1v) is 4.38. The van der Waals surface area contributed by atoms with Crippen LogP contribution < -0.4 is 0 Å². The van der Waals surface area contributed by atoms with Gasteiger partial charge in [0.1, 0.15) is 0 Å². The normalized spacial score (nSPS) is 15.4. The Morgan fingerprint density at radius 2 is 2.56 bits per heavy atom. The van der Waals surface area contributed by atoms with Crippen LogP contribution in [0, 0.1) is 0 Å². The summed E-state index contributed by atoms with van der Waals surface area (Å²) >= 11 is 1.25. The summed E-state index contributed by atoms with van der Waals surface area (Å²) in [5.41, 5.74) is 1.40. The van der Waals surface area contributed by atoms with E-state index in [4.69, 9.17) is 0 Å². The second-order valence-corrected chi connectivity index (χ2v) is 2.97. The second-order valence-electron chi connectivity index (χ2n) is 2.19. The molecule has 50 valence electrons. The lowest BCUT2D eigenvalue weighted by molar-refractivity contribution is 0.803. The van der Waals surface area contributed by atoms with Crippen LogP contribution in [0.1, 0.15) is 26.2 Å². The van der Waals surface area contributed by atoms with Crippen molar-refractivity contribution in [1.82, 2.24) is 0 Å². The summed E-state index contributed by atoms with van der Waals surface area (Å²) in [7, 11) is 0. The molecule has 1 rings (SSSR count). The van der Waals surface area contributed by atoms with Crippen LogP contribution >= 0.6 is 11.4 Å². The molecule has 1 heterocycles. The van der Waals surface area contributed by atoms with Crippen LogP contribution in [0.3, 0.4) is 0 Å². The summed E-state index contributed by atoms with van der Waals surface area (Å²) in [6.07, 6.45) is 6.00. The molecule has 0 nitrogen and oxygen atoms in total. The van der Waals surface area contributed by atoms with E-state index < -0.39 is 0 Å². The molecule has 0 aromatic rings. The van der Waals surface area contributed by atoms with Crippen molar-refractivity contribution < 1.29 is 0 Å². The molecule has 1 heteroatoms. The van der Waals surface area contributed by atoms with E-state index >= 15 is 0 Å². The fourth-order valence-electron chi connectivity index (χ4n) is 0.791. The smallest absolute Gasteiger partial charge is 0.000654 e. The number of hydrogen-bond acceptors (Lipinski definition) is 0. The highest BCUT2D eigenvalue weighted by molar-refractivity contribution is 8.00. The van der Waals surface area contributed by atoms with Crippen molar-refractivity contribution in [2.45, 2.75) is 26.2 Å². The Bertz CT molecular complexity index is 171. The number of rotatable bonds is 3. The molecule has 0 aromatic carbocycles. The monoisotopic (exact) mass is 140 g/mol. The van der Waals surface area contributed by atoms with Gasteiger partial charge in [-0.1, -0.05) is 18.4 Å². The molecule has 0 saturated carbocycles. The highest BCUT2D eigenvalue weighted by Crippen LogP contribution is 2.10. The number of hydrogen-bond donors (Lipinski definition) is 1. The Hall–Kier alpha value is -0.260. The summed E-state index contributed by atoms with van der Waals surface area (Å²) in [4.78, 5) is 0. The van der Waals surface area contributed by atoms with E-state index in [0.29, 0.717) is 0 Å². The van der Waals surface area contributed by atoms with E-state index in [2.05, 4.69) is 23.4 Å². The van der Waals surface area contributed by atoms with Gasteiger partial charge in [-0.15, -0.1) is 11.4 Å². The molecule has 0 saturated heterocycles. The first-order chi connectivity index (χ1) is 4.43. The molecule has 0 amide bonds. The lowest BCUT2D eigenvalue weighted by Crippen LogP contribution is -1.75. The maximum Gasteiger partial charge on any atom is 0.000654 e. The van der Waals surface area contributed by atoms with Gasteiger partial charge in [0, 0.05) is 5.57 Å². The molecule has 0 aliphatic carbocycles. The van der Waals surface area contributed by atoms with Crippen molar-refractivity contribution in [2.75, 3.05) is 0 Å². The fraction of sp³-hybridized carbons (Fsp3) is 0.500. The Morgan fingerprint density at radius 1 is 1.67 bits per heavy atom. The van der Waals surface area contributed by atoms with Gasteiger partial charge >= 0.3 is 0 Å². The lowest BCUT2D eigenvalue weighted by atomic mass is 10.1. The molecule has 0 radical (unpaired) electrons. The summed E-state index contributed by atoms with van der Waals surface area (Å²) in [5.74, 6) is 0. The van der Waals surface area contributed by atoms with Gasteiger partial charge in [0.25, 0.3) is 0 Å². The second kappa shape index (κ2) is 3.71. The minimum absolute atomic E-state index is 1.22. The molecule has 0 N–H and O–H groups in total. The zero-order valence-electron chi connectivity index (χ0n) is 5.72. The molecular formula is C8H12S. The van der Waals surface area contributed by atoms with E-state index in [1.807, 2.05) is 0 Å². The van der Waals surface area contributed by atoms with Gasteiger partial charge in [0.15, 0.2) is 0 Å². The summed E-state index contributed by atoms with van der Waals surface area (Å²) in [5, 5.41) is 5.41. The minimum atomic E-state index is 1.22. The van der Waals surface area contributed by atoms with Crippen molar-refractivity contribution in [2.24, 2.45) is 0 Å². The Kier molecular flexibility index (Phi) is 2.82. The van der Waals surface area contributed by atoms with Crippen molar-refractivity contribution in [1.29, 1.82) is 0 Å². The van der Waals surface area contributed by atoms with Gasteiger partial charge < -0.3 is 0 Å². The average molecular weight is 140 g/mol. The summed E-state index contributed by atoms with van der Waals surface area (Å²) in [6, 6.07) is 0. The number of unbranched alkanes of at least 4 members (excludes halogenated alkanes) is 1. The topological polar surface area (TPSA) is 0 Å². The Morgan fingerprint density at radius 3 is 3.11 bits per heavy atom. The SMILES string of the molecule is CCCCC1=C=[SH]C=C1. The zero-order valence-corrected chi connectivity index (χ0v) is 6.62. The first kappa shape index (κ1) is 6.85. The van der Waals surface area contributed by atoms with Crippen LogP contribution in [-0.2, 0) is 0 Å². The van der Waals surface area contributed by atoms with Crippen LogP contribution in [-0.4, -0.2) is 5.02 Å². The third-order valence-corrected chi connectivity index (χ3v) is 2.07. The van der Waals surface area contributed by atoms with Gasteiger partial charge in [-0.3, -0.25) is 0 Å². The molecule has 0 fully saturated rings. The third kappa shape index (κ3) is 2.21. The van der Waals surface area contributed by atoms with Crippen molar-refractivity contribution in [3.05, 3.63) is 17.1 Å². The Balaban J connectivity index is 2.29. The van der Waals surface area contributed by atoms with Crippen LogP contribution in [0.5, 0.6) is 0 Å². The third-order valence-electron chi connectivity index (χ3n) is 1.36. The van der Waals surface area contributed by atoms with E-state index in [0.717, 1.165) is 0 Å². The maximum absolute atomic E-state index is 3.27. The van der Waals surface area contributed by atoms with Crippen LogP contribution in [0.15, 0.2) is 17.1 Å². The highest BCUT2D eigenvalue weighted by atomic mass is 32.1. The Labute approximate surface area is 60.2 Å². The fourth-order valence-corrected chi connectivity index (χ4v) is 1.47. The predicted octanol–water partition coefficient (Wildman–Crippen LogP) is 2.50. The molecular weight excluding hydrogens is 128 g/mol. The first-order valence-electron chi connectivity index (χ1n) is 3.41. The van der Waals surface area contributed by atoms with Gasteiger partial charge in [-0.25, -0.2) is 0 Å². The van der Waals surface area contributed by atoms with E-state index in [1.54, 1.807) is 0 Å². The standard InChI is InChI=1S/C8H12S/c1-2-3-4-8-5-6-9-7-8/h5-6,9H,2-4H2,1H3. The zero-order chi connectivity index (χ0) is 6.53. The summed E-state index contributed by atoms with van der Waals surface area (Å²) in [6.45, 7) is 2.22. The average Bonchev–Trinajstić information content (AvgIpc) is 2.34. The maximum atomic E-state index is 3.27. The van der Waals surface area contributed by atoms with Crippen molar-refractivity contribution in [3.63, 3.8) is 0 Å². The molecule has 0 bridgehead atoms. The van der Waals surface area contributed by atoms with E-state index in [-0.39, 0.29) is 0 Å². The number of thiol groups is 1. The quantitative estimate of drug-likeness (QED) is 0.452. The number of allylic oxidation sites excluding steroid dienone is 2. The lowest BCUT2D eigenvalue weighted by Gasteiger charge is -1.91. The van der Waals surface area contributed by atoms with E-state index in [1.165, 1.54) is 36.2 Å². The van der Waals surface area contributed by atoms with E-state index in [9.17, 15) is 0 Å². The molecule has 9 heavy (non-hydrogen) atoms. The molecule has 0 unspecified atom stereocenters. The molecule has 0 spiro atoms. The molecule has 0 atom stereocenters. The summed E-state index contributed by atoms with van der Waals surface area (Å²) < 4.78 is 0. The predicted molar refractivity (Wildman–Crippen MR) is 46.2 cm³/mol. The molecule has 0 aromatic heterocycles. The van der Waals surface area contributed by atoms with Crippen molar-refractivity contribution >= 4 is 16.4 Å². The van der Waals surface area contributed by atoms with Crippen LogP contribution in [0.2, 0.25) is 0 Å². The molecule has 1 aliphatic heterocycles. The minimum Gasteiger partial charge on any atom is -0.133 e. The van der Waals surface area contributed by atoms with Gasteiger partial charge in [-0.05, 0) is 24.3 Å².